The zero-order chi connectivity index (χ0) is 18.2. The van der Waals surface area contributed by atoms with Gasteiger partial charge in [0.1, 0.15) is 6.07 Å². The average Bonchev–Trinajstić information content (AvgIpc) is 2.61. The second-order valence-electron chi connectivity index (χ2n) is 5.48. The molecule has 2 rings (SSSR count). The Morgan fingerprint density at radius 2 is 1.96 bits per heavy atom. The molecule has 5 nitrogen and oxygen atoms in total. The summed E-state index contributed by atoms with van der Waals surface area (Å²) in [5, 5.41) is 11.4. The first kappa shape index (κ1) is 18.1. The zero-order valence-electron chi connectivity index (χ0n) is 14.5. The van der Waals surface area contributed by atoms with Gasteiger partial charge >= 0.3 is 0 Å². The Bertz CT molecular complexity index is 835. The van der Waals surface area contributed by atoms with Crippen molar-refractivity contribution < 1.29 is 14.3 Å². The number of methoxy groups -OCH3 is 1. The fourth-order valence-electron chi connectivity index (χ4n) is 2.19. The van der Waals surface area contributed by atoms with Crippen LogP contribution >= 0.6 is 0 Å². The summed E-state index contributed by atoms with van der Waals surface area (Å²) in [4.78, 5) is 12.1. The third-order valence-corrected chi connectivity index (χ3v) is 3.68. The molecular weight excluding hydrogens is 316 g/mol. The number of benzene rings is 2. The molecule has 0 radical (unpaired) electrons. The van der Waals surface area contributed by atoms with Crippen molar-refractivity contribution in [2.24, 2.45) is 0 Å². The van der Waals surface area contributed by atoms with E-state index in [9.17, 15) is 4.79 Å². The first-order valence-electron chi connectivity index (χ1n) is 7.77. The van der Waals surface area contributed by atoms with Crippen molar-refractivity contribution in [2.75, 3.05) is 19.0 Å². The number of hydrogen-bond donors (Lipinski definition) is 1. The Hall–Kier alpha value is -3.26. The minimum atomic E-state index is -0.216. The van der Waals surface area contributed by atoms with Gasteiger partial charge in [0.25, 0.3) is 0 Å². The van der Waals surface area contributed by atoms with Crippen LogP contribution in [0.25, 0.3) is 6.08 Å². The summed E-state index contributed by atoms with van der Waals surface area (Å²) in [5.41, 5.74) is 3.85. The predicted molar refractivity (Wildman–Crippen MR) is 97.7 cm³/mol. The molecule has 0 heterocycles. The Kier molecular flexibility index (Phi) is 6.19. The molecule has 0 atom stereocenters. The molecule has 1 N–H and O–H groups in total. The van der Waals surface area contributed by atoms with Gasteiger partial charge in [-0.25, -0.2) is 0 Å². The fourth-order valence-corrected chi connectivity index (χ4v) is 2.19. The molecule has 0 saturated heterocycles. The van der Waals surface area contributed by atoms with E-state index in [1.165, 1.54) is 18.7 Å². The number of ether oxygens (including phenoxy) is 2. The number of rotatable bonds is 6. The van der Waals surface area contributed by atoms with E-state index in [4.69, 9.17) is 14.7 Å². The number of amides is 1. The largest absolute Gasteiger partial charge is 0.493 e. The van der Waals surface area contributed by atoms with Crippen LogP contribution < -0.4 is 14.8 Å². The minimum Gasteiger partial charge on any atom is -0.493 e. The minimum absolute atomic E-state index is 0.0517. The molecule has 0 bridgehead atoms. The van der Waals surface area contributed by atoms with Gasteiger partial charge in [-0.15, -0.1) is 0 Å². The van der Waals surface area contributed by atoms with Crippen molar-refractivity contribution in [2.45, 2.75) is 13.8 Å². The molecule has 2 aromatic carbocycles. The highest BCUT2D eigenvalue weighted by atomic mass is 16.5. The highest BCUT2D eigenvalue weighted by Gasteiger charge is 2.05. The van der Waals surface area contributed by atoms with Crippen molar-refractivity contribution in [3.05, 3.63) is 59.2 Å². The molecule has 0 fully saturated rings. The molecule has 25 heavy (non-hydrogen) atoms. The van der Waals surface area contributed by atoms with Gasteiger partial charge < -0.3 is 14.8 Å². The molecule has 128 valence electrons. The van der Waals surface area contributed by atoms with E-state index in [1.807, 2.05) is 38.1 Å². The van der Waals surface area contributed by atoms with Crippen LogP contribution in [0.15, 0.2) is 42.5 Å². The van der Waals surface area contributed by atoms with Crippen molar-refractivity contribution >= 4 is 17.7 Å². The van der Waals surface area contributed by atoms with Gasteiger partial charge in [-0.3, -0.25) is 4.79 Å². The van der Waals surface area contributed by atoms with Gasteiger partial charge in [0.15, 0.2) is 18.1 Å². The van der Waals surface area contributed by atoms with Gasteiger partial charge in [0, 0.05) is 11.8 Å². The quantitative estimate of drug-likeness (QED) is 0.813. The van der Waals surface area contributed by atoms with Crippen molar-refractivity contribution in [3.63, 3.8) is 0 Å². The lowest BCUT2D eigenvalue weighted by molar-refractivity contribution is -0.111. The van der Waals surface area contributed by atoms with Crippen molar-refractivity contribution in [1.29, 1.82) is 5.26 Å². The first-order valence-corrected chi connectivity index (χ1v) is 7.77. The smallest absolute Gasteiger partial charge is 0.248 e. The van der Waals surface area contributed by atoms with Crippen LogP contribution in [0.5, 0.6) is 11.5 Å². The molecule has 0 aliphatic carbocycles. The lowest BCUT2D eigenvalue weighted by Crippen LogP contribution is -2.07. The maximum atomic E-state index is 12.1. The Labute approximate surface area is 147 Å². The molecule has 0 spiro atoms. The third-order valence-electron chi connectivity index (χ3n) is 3.68. The van der Waals surface area contributed by atoms with Crippen LogP contribution in [0.4, 0.5) is 5.69 Å². The lowest BCUT2D eigenvalue weighted by atomic mass is 10.1. The van der Waals surface area contributed by atoms with Crippen LogP contribution in [0.3, 0.4) is 0 Å². The van der Waals surface area contributed by atoms with E-state index >= 15 is 0 Å². The second-order valence-corrected chi connectivity index (χ2v) is 5.48. The SMILES string of the molecule is COc1cc(C=CC(=O)Nc2ccc(C)c(C)c2)ccc1OCC#N. The van der Waals surface area contributed by atoms with Gasteiger partial charge in [0.05, 0.1) is 7.11 Å². The van der Waals surface area contributed by atoms with Crippen molar-refractivity contribution in [3.8, 4) is 17.6 Å². The number of nitrogens with one attached hydrogen (secondary N) is 1. The zero-order valence-corrected chi connectivity index (χ0v) is 14.5. The molecule has 1 amide bonds. The molecule has 0 aromatic heterocycles. The van der Waals surface area contributed by atoms with E-state index < -0.39 is 0 Å². The predicted octanol–water partition coefficient (Wildman–Crippen LogP) is 3.87. The van der Waals surface area contributed by atoms with Crippen LogP contribution in [0.2, 0.25) is 0 Å². The molecular formula is C20H20N2O3. The lowest BCUT2D eigenvalue weighted by Gasteiger charge is -2.09. The number of nitrogens with zero attached hydrogens (tertiary/aromatic N) is 1. The Morgan fingerprint density at radius 3 is 2.64 bits per heavy atom. The summed E-state index contributed by atoms with van der Waals surface area (Å²) in [7, 11) is 1.52. The maximum Gasteiger partial charge on any atom is 0.248 e. The number of carbonyl (C=O) groups excluding carboxylic acids is 1. The third kappa shape index (κ3) is 5.11. The van der Waals surface area contributed by atoms with E-state index in [-0.39, 0.29) is 12.5 Å². The van der Waals surface area contributed by atoms with E-state index in [0.717, 1.165) is 16.8 Å². The van der Waals surface area contributed by atoms with Gasteiger partial charge in [-0.2, -0.15) is 5.26 Å². The fraction of sp³-hybridized carbons (Fsp3) is 0.200. The summed E-state index contributed by atoms with van der Waals surface area (Å²) >= 11 is 0. The maximum absolute atomic E-state index is 12.1. The van der Waals surface area contributed by atoms with E-state index in [2.05, 4.69) is 5.32 Å². The number of hydrogen-bond acceptors (Lipinski definition) is 4. The molecule has 2 aromatic rings. The first-order chi connectivity index (χ1) is 12.0. The number of nitriles is 1. The van der Waals surface area contributed by atoms with Gasteiger partial charge in [0.2, 0.25) is 5.91 Å². The van der Waals surface area contributed by atoms with Crippen LogP contribution in [-0.2, 0) is 4.79 Å². The molecule has 0 aliphatic heterocycles. The highest BCUT2D eigenvalue weighted by Crippen LogP contribution is 2.28. The number of carbonyl (C=O) groups is 1. The average molecular weight is 336 g/mol. The summed E-state index contributed by atoms with van der Waals surface area (Å²) in [6.07, 6.45) is 3.15. The Morgan fingerprint density at radius 1 is 1.16 bits per heavy atom. The van der Waals surface area contributed by atoms with Gasteiger partial charge in [-0.05, 0) is 60.9 Å². The summed E-state index contributed by atoms with van der Waals surface area (Å²) < 4.78 is 10.5. The molecule has 0 saturated carbocycles. The van der Waals surface area contributed by atoms with Crippen LogP contribution in [0, 0.1) is 25.2 Å². The van der Waals surface area contributed by atoms with E-state index in [0.29, 0.717) is 11.5 Å². The summed E-state index contributed by atoms with van der Waals surface area (Å²) in [6.45, 7) is 3.98. The van der Waals surface area contributed by atoms with Crippen LogP contribution in [-0.4, -0.2) is 19.6 Å². The topological polar surface area (TPSA) is 71.3 Å². The Balaban J connectivity index is 2.06. The van der Waals surface area contributed by atoms with E-state index in [1.54, 1.807) is 24.3 Å². The summed E-state index contributed by atoms with van der Waals surface area (Å²) in [5.74, 6) is 0.778. The monoisotopic (exact) mass is 336 g/mol. The van der Waals surface area contributed by atoms with Crippen molar-refractivity contribution in [1.82, 2.24) is 0 Å². The standard InChI is InChI=1S/C20H20N2O3/c1-14-4-7-17(12-15(14)2)22-20(23)9-6-16-5-8-18(25-11-10-21)19(13-16)24-3/h4-9,12-13H,11H2,1-3H3,(H,22,23). The molecule has 0 unspecified atom stereocenters. The number of anilines is 1. The normalized spacial score (nSPS) is 10.3. The van der Waals surface area contributed by atoms with Gasteiger partial charge in [-0.1, -0.05) is 12.1 Å². The molecule has 5 heteroatoms. The number of aryl methyl sites for hydroxylation is 2. The second kappa shape index (κ2) is 8.55. The van der Waals surface area contributed by atoms with Crippen LogP contribution in [0.1, 0.15) is 16.7 Å². The summed E-state index contributed by atoms with van der Waals surface area (Å²) in [6, 6.07) is 12.9. The highest BCUT2D eigenvalue weighted by molar-refractivity contribution is 6.02. The molecule has 0 aliphatic rings.